The summed E-state index contributed by atoms with van der Waals surface area (Å²) in [5, 5.41) is 7.11. The van der Waals surface area contributed by atoms with Crippen molar-refractivity contribution in [1.29, 1.82) is 0 Å². The Hall–Kier alpha value is -2.37. The second-order valence-corrected chi connectivity index (χ2v) is 5.52. The fourth-order valence-corrected chi connectivity index (χ4v) is 2.85. The van der Waals surface area contributed by atoms with Crippen molar-refractivity contribution in [3.63, 3.8) is 0 Å². The van der Waals surface area contributed by atoms with E-state index in [1.54, 1.807) is 19.2 Å². The summed E-state index contributed by atoms with van der Waals surface area (Å²) in [6.07, 6.45) is 3.01. The predicted molar refractivity (Wildman–Crippen MR) is 81.7 cm³/mol. The average molecular weight is 300 g/mol. The molecule has 6 heteroatoms. The molecule has 0 aliphatic carbocycles. The first kappa shape index (κ1) is 14.6. The Balaban J connectivity index is 1.84. The van der Waals surface area contributed by atoms with Gasteiger partial charge in [0.25, 0.3) is 5.91 Å². The van der Waals surface area contributed by atoms with Gasteiger partial charge in [0.2, 0.25) is 0 Å². The largest absolute Gasteiger partial charge is 0.497 e. The number of aromatic amines is 1. The summed E-state index contributed by atoms with van der Waals surface area (Å²) in [6, 6.07) is 7.17. The number of aromatic nitrogens is 3. The monoisotopic (exact) mass is 300 g/mol. The maximum atomic E-state index is 12.8. The topological polar surface area (TPSA) is 71.1 Å². The Morgan fingerprint density at radius 2 is 2.09 bits per heavy atom. The highest BCUT2D eigenvalue weighted by Gasteiger charge is 2.31. The number of methoxy groups -OCH3 is 1. The summed E-state index contributed by atoms with van der Waals surface area (Å²) < 4.78 is 5.14. The molecule has 0 bridgehead atoms. The van der Waals surface area contributed by atoms with Crippen molar-refractivity contribution in [2.75, 3.05) is 13.7 Å². The number of amides is 1. The van der Waals surface area contributed by atoms with Crippen LogP contribution in [0.5, 0.6) is 5.75 Å². The highest BCUT2D eigenvalue weighted by molar-refractivity contribution is 5.94. The minimum absolute atomic E-state index is 0.0230. The molecule has 2 heterocycles. The summed E-state index contributed by atoms with van der Waals surface area (Å²) in [6.45, 7) is 2.61. The molecule has 1 N–H and O–H groups in total. The zero-order valence-corrected chi connectivity index (χ0v) is 12.9. The zero-order valence-electron chi connectivity index (χ0n) is 12.9. The van der Waals surface area contributed by atoms with E-state index in [9.17, 15) is 4.79 Å². The van der Waals surface area contributed by atoms with E-state index in [-0.39, 0.29) is 11.9 Å². The molecule has 2 aromatic rings. The first-order chi connectivity index (χ1) is 10.7. The van der Waals surface area contributed by atoms with Crippen LogP contribution in [0.2, 0.25) is 0 Å². The summed E-state index contributed by atoms with van der Waals surface area (Å²) in [5.41, 5.74) is 0.667. The third-order valence-electron chi connectivity index (χ3n) is 4.01. The second-order valence-electron chi connectivity index (χ2n) is 5.52. The molecule has 1 saturated heterocycles. The van der Waals surface area contributed by atoms with Crippen LogP contribution in [0.15, 0.2) is 24.3 Å². The Labute approximate surface area is 129 Å². The van der Waals surface area contributed by atoms with Crippen molar-refractivity contribution in [2.24, 2.45) is 0 Å². The molecule has 1 aromatic heterocycles. The first-order valence-corrected chi connectivity index (χ1v) is 7.53. The molecule has 0 radical (unpaired) electrons. The number of ether oxygens (including phenoxy) is 1. The number of piperidine rings is 1. The van der Waals surface area contributed by atoms with Gasteiger partial charge in [0.15, 0.2) is 5.82 Å². The lowest BCUT2D eigenvalue weighted by Gasteiger charge is -2.34. The number of H-pyrrole nitrogens is 1. The van der Waals surface area contributed by atoms with E-state index in [0.717, 1.165) is 37.4 Å². The molecule has 1 amide bonds. The molecule has 1 atom stereocenters. The minimum Gasteiger partial charge on any atom is -0.497 e. The van der Waals surface area contributed by atoms with Gasteiger partial charge in [-0.15, -0.1) is 0 Å². The quantitative estimate of drug-likeness (QED) is 0.945. The SMILES string of the molecule is COc1ccc(C(=O)N2CCCCC2c2n[nH]c(C)n2)cc1. The standard InChI is InChI=1S/C16H20N4O2/c1-11-17-15(19-18-11)14-5-3-4-10-20(14)16(21)12-6-8-13(22-2)9-7-12/h6-9,14H,3-5,10H2,1-2H3,(H,17,18,19). The summed E-state index contributed by atoms with van der Waals surface area (Å²) in [7, 11) is 1.61. The molecular formula is C16H20N4O2. The van der Waals surface area contributed by atoms with Crippen molar-refractivity contribution in [2.45, 2.75) is 32.2 Å². The van der Waals surface area contributed by atoms with Crippen LogP contribution in [0.4, 0.5) is 0 Å². The molecule has 6 nitrogen and oxygen atoms in total. The van der Waals surface area contributed by atoms with Crippen LogP contribution in [-0.2, 0) is 0 Å². The third-order valence-corrected chi connectivity index (χ3v) is 4.01. The number of benzene rings is 1. The van der Waals surface area contributed by atoms with E-state index < -0.39 is 0 Å². The molecule has 1 aliphatic rings. The molecule has 22 heavy (non-hydrogen) atoms. The second kappa shape index (κ2) is 6.17. The summed E-state index contributed by atoms with van der Waals surface area (Å²) in [4.78, 5) is 19.1. The van der Waals surface area contributed by atoms with Crippen molar-refractivity contribution in [1.82, 2.24) is 20.1 Å². The molecule has 1 unspecified atom stereocenters. The van der Waals surface area contributed by atoms with Gasteiger partial charge in [-0.3, -0.25) is 9.89 Å². The van der Waals surface area contributed by atoms with Crippen molar-refractivity contribution >= 4 is 5.91 Å². The summed E-state index contributed by atoms with van der Waals surface area (Å²) >= 11 is 0. The molecule has 1 aliphatic heterocycles. The van der Waals surface area contributed by atoms with Gasteiger partial charge < -0.3 is 9.64 Å². The lowest BCUT2D eigenvalue weighted by Crippen LogP contribution is -2.39. The smallest absolute Gasteiger partial charge is 0.254 e. The van der Waals surface area contributed by atoms with Crippen molar-refractivity contribution in [3.8, 4) is 5.75 Å². The number of likely N-dealkylation sites (tertiary alicyclic amines) is 1. The molecule has 116 valence electrons. The number of nitrogens with zero attached hydrogens (tertiary/aromatic N) is 3. The van der Waals surface area contributed by atoms with E-state index in [1.165, 1.54) is 0 Å². The van der Waals surface area contributed by atoms with Crippen LogP contribution >= 0.6 is 0 Å². The minimum atomic E-state index is -0.0479. The fraction of sp³-hybridized carbons (Fsp3) is 0.438. The maximum Gasteiger partial charge on any atom is 0.254 e. The number of hydrogen-bond acceptors (Lipinski definition) is 4. The molecular weight excluding hydrogens is 280 g/mol. The van der Waals surface area contributed by atoms with Crippen LogP contribution in [0.3, 0.4) is 0 Å². The van der Waals surface area contributed by atoms with Crippen LogP contribution in [0.25, 0.3) is 0 Å². The van der Waals surface area contributed by atoms with Gasteiger partial charge in [-0.2, -0.15) is 5.10 Å². The van der Waals surface area contributed by atoms with Gasteiger partial charge in [-0.25, -0.2) is 4.98 Å². The van der Waals surface area contributed by atoms with Crippen LogP contribution in [0.1, 0.15) is 47.3 Å². The Morgan fingerprint density at radius 3 is 2.73 bits per heavy atom. The first-order valence-electron chi connectivity index (χ1n) is 7.53. The van der Waals surface area contributed by atoms with Crippen LogP contribution in [-0.4, -0.2) is 39.6 Å². The Bertz CT molecular complexity index is 650. The van der Waals surface area contributed by atoms with Crippen molar-refractivity contribution in [3.05, 3.63) is 41.5 Å². The predicted octanol–water partition coefficient (Wildman–Crippen LogP) is 2.49. The van der Waals surface area contributed by atoms with Crippen LogP contribution < -0.4 is 4.74 Å². The average Bonchev–Trinajstić information content (AvgIpc) is 3.00. The maximum absolute atomic E-state index is 12.8. The van der Waals surface area contributed by atoms with Crippen LogP contribution in [0, 0.1) is 6.92 Å². The number of aryl methyl sites for hydroxylation is 1. The Kier molecular flexibility index (Phi) is 4.09. The van der Waals surface area contributed by atoms with Gasteiger partial charge in [0.05, 0.1) is 13.2 Å². The summed E-state index contributed by atoms with van der Waals surface area (Å²) in [5.74, 6) is 2.25. The number of rotatable bonds is 3. The van der Waals surface area contributed by atoms with Gasteiger partial charge >= 0.3 is 0 Å². The number of hydrogen-bond donors (Lipinski definition) is 1. The highest BCUT2D eigenvalue weighted by Crippen LogP contribution is 2.30. The molecule has 1 fully saturated rings. The van der Waals surface area contributed by atoms with Gasteiger partial charge in [-0.05, 0) is 50.5 Å². The number of carbonyl (C=O) groups is 1. The lowest BCUT2D eigenvalue weighted by molar-refractivity contribution is 0.0600. The van der Waals surface area contributed by atoms with E-state index in [4.69, 9.17) is 4.74 Å². The Morgan fingerprint density at radius 1 is 1.32 bits per heavy atom. The normalized spacial score (nSPS) is 18.3. The van der Waals surface area contributed by atoms with Gasteiger partial charge in [0.1, 0.15) is 11.6 Å². The molecule has 3 rings (SSSR count). The number of nitrogens with one attached hydrogen (secondary N) is 1. The van der Waals surface area contributed by atoms with Gasteiger partial charge in [-0.1, -0.05) is 0 Å². The molecule has 0 saturated carbocycles. The van der Waals surface area contributed by atoms with E-state index in [1.807, 2.05) is 24.0 Å². The molecule has 1 aromatic carbocycles. The third kappa shape index (κ3) is 2.81. The van der Waals surface area contributed by atoms with Crippen molar-refractivity contribution < 1.29 is 9.53 Å². The molecule has 0 spiro atoms. The van der Waals surface area contributed by atoms with E-state index >= 15 is 0 Å². The van der Waals surface area contributed by atoms with E-state index in [2.05, 4.69) is 15.2 Å². The highest BCUT2D eigenvalue weighted by atomic mass is 16.5. The lowest BCUT2D eigenvalue weighted by atomic mass is 10.00. The van der Waals surface area contributed by atoms with Gasteiger partial charge in [0, 0.05) is 12.1 Å². The number of carbonyl (C=O) groups excluding carboxylic acids is 1. The fourth-order valence-electron chi connectivity index (χ4n) is 2.85. The zero-order chi connectivity index (χ0) is 15.5. The van der Waals surface area contributed by atoms with E-state index in [0.29, 0.717) is 11.4 Å².